The first-order valence-electron chi connectivity index (χ1n) is 10.9. The number of fused-ring (bicyclic) bond motifs is 4. The van der Waals surface area contributed by atoms with Gasteiger partial charge in [0.1, 0.15) is 0 Å². The van der Waals surface area contributed by atoms with E-state index in [1.54, 1.807) is 0 Å². The molecule has 4 unspecified atom stereocenters. The Morgan fingerprint density at radius 1 is 0.840 bits per heavy atom. The maximum absolute atomic E-state index is 6.07. The molecule has 0 N–H and O–H groups in total. The number of hydrogen-bond donors (Lipinski definition) is 0. The minimum Gasteiger partial charge on any atom is -0.122 e. The van der Waals surface area contributed by atoms with Crippen LogP contribution in [0.15, 0.2) is 12.1 Å². The second-order valence-electron chi connectivity index (χ2n) is 11.4. The number of allylic oxidation sites excluding steroid dienone is 1. The highest BCUT2D eigenvalue weighted by molar-refractivity contribution is 6.67. The molecule has 4 bridgehead atoms. The van der Waals surface area contributed by atoms with E-state index in [9.17, 15) is 0 Å². The molecule has 0 heterocycles. The average molecular weight is 361 g/mol. The van der Waals surface area contributed by atoms with Crippen molar-refractivity contribution in [1.82, 2.24) is 0 Å². The van der Waals surface area contributed by atoms with E-state index in [-0.39, 0.29) is 0 Å². The monoisotopic (exact) mass is 360 g/mol. The minimum absolute atomic E-state index is 0.596. The third-order valence-corrected chi connectivity index (χ3v) is 10.4. The lowest BCUT2D eigenvalue weighted by Gasteiger charge is -2.66. The Kier molecular flexibility index (Phi) is 4.47. The van der Waals surface area contributed by atoms with Crippen molar-refractivity contribution in [1.29, 1.82) is 0 Å². The lowest BCUT2D eigenvalue weighted by atomic mass is 9.21. The summed E-state index contributed by atoms with van der Waals surface area (Å²) in [5.41, 5.74) is 1.19. The molecule has 6 saturated carbocycles. The summed E-state index contributed by atoms with van der Waals surface area (Å²) in [6, 6.07) is 0. The van der Waals surface area contributed by atoms with Crippen molar-refractivity contribution < 1.29 is 0 Å². The zero-order chi connectivity index (χ0) is 18.1. The van der Waals surface area contributed by atoms with Crippen LogP contribution in [-0.2, 0) is 0 Å². The van der Waals surface area contributed by atoms with Crippen molar-refractivity contribution in [3.63, 3.8) is 0 Å². The molecule has 2 heteroatoms. The van der Waals surface area contributed by atoms with Gasteiger partial charge < -0.3 is 0 Å². The van der Waals surface area contributed by atoms with Crippen molar-refractivity contribution in [2.45, 2.75) is 78.9 Å². The summed E-state index contributed by atoms with van der Waals surface area (Å²) < 4.78 is 0. The normalized spacial score (nSPS) is 49.4. The Bertz CT molecular complexity index is 508. The van der Waals surface area contributed by atoms with Gasteiger partial charge in [-0.25, -0.2) is 0 Å². The summed E-state index contributed by atoms with van der Waals surface area (Å²) >= 11 is 6.07. The van der Waals surface area contributed by atoms with Crippen LogP contribution in [0.1, 0.15) is 67.2 Å². The van der Waals surface area contributed by atoms with Crippen molar-refractivity contribution in [2.24, 2.45) is 46.3 Å². The molecule has 0 spiro atoms. The lowest BCUT2D eigenvalue weighted by Crippen LogP contribution is -2.59. The van der Waals surface area contributed by atoms with E-state index in [0.717, 1.165) is 53.9 Å². The summed E-state index contributed by atoms with van der Waals surface area (Å²) in [4.78, 5) is 0. The van der Waals surface area contributed by atoms with E-state index in [1.165, 1.54) is 25.7 Å². The third kappa shape index (κ3) is 2.54. The molecule has 6 rings (SSSR count). The molecule has 0 aromatic rings. The van der Waals surface area contributed by atoms with Crippen molar-refractivity contribution >= 4 is 18.3 Å². The van der Waals surface area contributed by atoms with Gasteiger partial charge >= 0.3 is 0 Å². The Morgan fingerprint density at radius 3 is 1.60 bits per heavy atom. The average Bonchev–Trinajstić information content (AvgIpc) is 2.56. The predicted molar refractivity (Wildman–Crippen MR) is 111 cm³/mol. The molecule has 0 radical (unpaired) electrons. The molecule has 0 nitrogen and oxygen atoms in total. The SMILES string of the molecule is CC1C(B(/C=C/CCl)C2C[C@@H]3C[C@H](C2C)C3(C)C)C[C@@H]2C[C@H]1C2(C)C. The van der Waals surface area contributed by atoms with Crippen molar-refractivity contribution in [2.75, 3.05) is 5.88 Å². The first kappa shape index (κ1) is 18.5. The highest BCUT2D eigenvalue weighted by Gasteiger charge is 2.61. The van der Waals surface area contributed by atoms with E-state index in [0.29, 0.717) is 16.7 Å². The van der Waals surface area contributed by atoms with Crippen LogP contribution < -0.4 is 0 Å². The summed E-state index contributed by atoms with van der Waals surface area (Å²) in [7, 11) is 0. The molecule has 8 atom stereocenters. The Hall–Kier alpha value is 0.0949. The van der Waals surface area contributed by atoms with Crippen LogP contribution in [-0.4, -0.2) is 12.6 Å². The fourth-order valence-corrected chi connectivity index (χ4v) is 8.31. The van der Waals surface area contributed by atoms with Gasteiger partial charge in [0.05, 0.1) is 0 Å². The van der Waals surface area contributed by atoms with Gasteiger partial charge in [-0.3, -0.25) is 0 Å². The number of halogens is 1. The molecule has 6 aliphatic rings. The zero-order valence-electron chi connectivity index (χ0n) is 17.3. The molecule has 6 aliphatic carbocycles. The highest BCUT2D eigenvalue weighted by atomic mass is 35.5. The topological polar surface area (TPSA) is 0 Å². The highest BCUT2D eigenvalue weighted by Crippen LogP contribution is 2.69. The molecule has 0 aromatic carbocycles. The molecule has 25 heavy (non-hydrogen) atoms. The molecule has 140 valence electrons. The van der Waals surface area contributed by atoms with Crippen LogP contribution in [0.3, 0.4) is 0 Å². The molecular weight excluding hydrogens is 323 g/mol. The molecule has 0 aromatic heterocycles. The number of hydrogen-bond acceptors (Lipinski definition) is 0. The summed E-state index contributed by atoms with van der Waals surface area (Å²) in [6.07, 6.45) is 8.18. The van der Waals surface area contributed by atoms with Gasteiger partial charge in [-0.15, -0.1) is 17.6 Å². The Labute approximate surface area is 161 Å². The maximum atomic E-state index is 6.07. The zero-order valence-corrected chi connectivity index (χ0v) is 18.0. The summed E-state index contributed by atoms with van der Waals surface area (Å²) in [6.45, 7) is 16.0. The fourth-order valence-electron chi connectivity index (χ4n) is 8.21. The molecule has 6 fully saturated rings. The smallest absolute Gasteiger partial charge is 0.122 e. The summed E-state index contributed by atoms with van der Waals surface area (Å²) in [5.74, 6) is 10.6. The third-order valence-electron chi connectivity index (χ3n) is 10.3. The van der Waals surface area contributed by atoms with Crippen LogP contribution in [0.4, 0.5) is 0 Å². The Morgan fingerprint density at radius 2 is 1.28 bits per heavy atom. The summed E-state index contributed by atoms with van der Waals surface area (Å²) in [5, 5.41) is 0. The van der Waals surface area contributed by atoms with Crippen LogP contribution in [0.2, 0.25) is 11.6 Å². The van der Waals surface area contributed by atoms with Gasteiger partial charge in [0.15, 0.2) is 6.71 Å². The predicted octanol–water partition coefficient (Wildman–Crippen LogP) is 6.96. The van der Waals surface area contributed by atoms with E-state index >= 15 is 0 Å². The van der Waals surface area contributed by atoms with Gasteiger partial charge in [-0.05, 0) is 59.2 Å². The van der Waals surface area contributed by atoms with Crippen LogP contribution in [0.25, 0.3) is 0 Å². The first-order valence-corrected chi connectivity index (χ1v) is 11.5. The lowest BCUT2D eigenvalue weighted by molar-refractivity contribution is -0.107. The van der Waals surface area contributed by atoms with Gasteiger partial charge in [0.2, 0.25) is 0 Å². The van der Waals surface area contributed by atoms with Crippen molar-refractivity contribution in [3.05, 3.63) is 12.1 Å². The van der Waals surface area contributed by atoms with Crippen LogP contribution in [0.5, 0.6) is 0 Å². The van der Waals surface area contributed by atoms with E-state index in [1.807, 2.05) is 0 Å². The van der Waals surface area contributed by atoms with Crippen LogP contribution in [0, 0.1) is 46.3 Å². The standard InChI is InChI=1S/C23H38BCl/c1-14-18-10-16(22(18,3)4)12-20(14)24(8-7-9-25)21-13-17-11-19(15(21)2)23(17,5)6/h7-8,14-21H,9-13H2,1-6H3/b8-7+/t14?,15?,16-,17-,18+,19+,20?,21?/m0/s1. The van der Waals surface area contributed by atoms with Crippen molar-refractivity contribution in [3.8, 4) is 0 Å². The second-order valence-corrected chi connectivity index (χ2v) is 11.7. The number of alkyl halides is 1. The largest absolute Gasteiger partial charge is 0.172 e. The van der Waals surface area contributed by atoms with E-state index in [2.05, 4.69) is 53.6 Å². The molecule has 0 saturated heterocycles. The quantitative estimate of drug-likeness (QED) is 0.375. The van der Waals surface area contributed by atoms with Gasteiger partial charge in [0, 0.05) is 5.88 Å². The molecule has 0 aliphatic heterocycles. The molecule has 0 amide bonds. The van der Waals surface area contributed by atoms with Gasteiger partial charge in [-0.1, -0.05) is 72.1 Å². The molecular formula is C23H38BCl. The van der Waals surface area contributed by atoms with Gasteiger partial charge in [-0.2, -0.15) is 0 Å². The van der Waals surface area contributed by atoms with Crippen LogP contribution >= 0.6 is 11.6 Å². The second kappa shape index (κ2) is 6.05. The maximum Gasteiger partial charge on any atom is 0.172 e. The van der Waals surface area contributed by atoms with E-state index < -0.39 is 0 Å². The van der Waals surface area contributed by atoms with Gasteiger partial charge in [0.25, 0.3) is 0 Å². The fraction of sp³-hybridized carbons (Fsp3) is 0.913. The van der Waals surface area contributed by atoms with E-state index in [4.69, 9.17) is 11.6 Å². The first-order chi connectivity index (χ1) is 11.7. The Balaban J connectivity index is 1.57. The number of rotatable bonds is 4. The minimum atomic E-state index is 0.596.